The van der Waals surface area contributed by atoms with Crippen LogP contribution in [0.2, 0.25) is 5.02 Å². The highest BCUT2D eigenvalue weighted by Crippen LogP contribution is 2.30. The fourth-order valence-corrected chi connectivity index (χ4v) is 2.21. The van der Waals surface area contributed by atoms with Crippen LogP contribution in [0.3, 0.4) is 0 Å². The van der Waals surface area contributed by atoms with Crippen molar-refractivity contribution in [1.29, 1.82) is 0 Å². The average molecular weight is 294 g/mol. The summed E-state index contributed by atoms with van der Waals surface area (Å²) in [5.41, 5.74) is 0.561. The molecule has 1 aliphatic rings. The van der Waals surface area contributed by atoms with Crippen LogP contribution < -0.4 is 5.32 Å². The highest BCUT2D eigenvalue weighted by atomic mass is 35.5. The first kappa shape index (κ1) is 14.5. The molecule has 3 nitrogen and oxygen atoms in total. The number of carbonyl (C=O) groups excluding carboxylic acids is 2. The molecule has 104 valence electrons. The maximum atomic E-state index is 13.7. The van der Waals surface area contributed by atoms with Crippen molar-refractivity contribution in [2.75, 3.05) is 5.32 Å². The third-order valence-corrected chi connectivity index (χ3v) is 3.21. The second kappa shape index (κ2) is 6.01. The summed E-state index contributed by atoms with van der Waals surface area (Å²) in [6.45, 7) is 1.34. The number of amides is 1. The Hall–Kier alpha value is -1.94. The summed E-state index contributed by atoms with van der Waals surface area (Å²) in [7, 11) is 0. The van der Waals surface area contributed by atoms with E-state index in [1.165, 1.54) is 25.1 Å². The van der Waals surface area contributed by atoms with Crippen molar-refractivity contribution in [1.82, 2.24) is 0 Å². The van der Waals surface area contributed by atoms with Crippen molar-refractivity contribution < 1.29 is 14.0 Å². The van der Waals surface area contributed by atoms with Gasteiger partial charge in [0.15, 0.2) is 5.78 Å². The molecule has 20 heavy (non-hydrogen) atoms. The molecule has 1 aromatic carbocycles. The molecule has 0 saturated heterocycles. The Morgan fingerprint density at radius 1 is 1.40 bits per heavy atom. The second-order valence-corrected chi connectivity index (χ2v) is 4.94. The largest absolute Gasteiger partial charge is 0.326 e. The van der Waals surface area contributed by atoms with E-state index < -0.39 is 17.5 Å². The molecule has 0 aromatic heterocycles. The molecular weight excluding hydrogens is 281 g/mol. The van der Waals surface area contributed by atoms with Gasteiger partial charge in [-0.3, -0.25) is 9.59 Å². The van der Waals surface area contributed by atoms with E-state index in [0.717, 1.165) is 0 Å². The number of hydrogen-bond acceptors (Lipinski definition) is 2. The summed E-state index contributed by atoms with van der Waals surface area (Å²) in [6.07, 6.45) is 4.88. The highest BCUT2D eigenvalue weighted by molar-refractivity contribution is 6.31. The minimum absolute atomic E-state index is 0.219. The smallest absolute Gasteiger partial charge is 0.221 e. The van der Waals surface area contributed by atoms with Gasteiger partial charge in [0.1, 0.15) is 5.83 Å². The average Bonchev–Trinajstić information content (AvgIpc) is 2.40. The normalized spacial score (nSPS) is 17.6. The van der Waals surface area contributed by atoms with Crippen molar-refractivity contribution >= 4 is 29.0 Å². The predicted molar refractivity (Wildman–Crippen MR) is 76.5 cm³/mol. The van der Waals surface area contributed by atoms with Crippen molar-refractivity contribution in [2.45, 2.75) is 13.3 Å². The van der Waals surface area contributed by atoms with Gasteiger partial charge in [-0.1, -0.05) is 23.8 Å². The minimum atomic E-state index is -0.856. The Morgan fingerprint density at radius 2 is 2.15 bits per heavy atom. The first-order chi connectivity index (χ1) is 9.49. The quantitative estimate of drug-likeness (QED) is 0.859. The van der Waals surface area contributed by atoms with Crippen molar-refractivity contribution in [3.63, 3.8) is 0 Å². The Balaban J connectivity index is 2.38. The van der Waals surface area contributed by atoms with E-state index in [2.05, 4.69) is 5.32 Å². The topological polar surface area (TPSA) is 46.2 Å². The Morgan fingerprint density at radius 3 is 2.80 bits per heavy atom. The standard InChI is InChI=1S/C15H13ClFNO2/c1-9(19)18-14-7-6-10(16)8-12(14)15(20)11-4-2-3-5-13(11)17/h2-3,5-8,11H,4H2,1H3,(H,18,19). The summed E-state index contributed by atoms with van der Waals surface area (Å²) in [5.74, 6) is -2.03. The van der Waals surface area contributed by atoms with Gasteiger partial charge in [0.25, 0.3) is 0 Å². The summed E-state index contributed by atoms with van der Waals surface area (Å²) in [4.78, 5) is 23.6. The lowest BCUT2D eigenvalue weighted by Gasteiger charge is -2.17. The Bertz CT molecular complexity index is 622. The van der Waals surface area contributed by atoms with Crippen LogP contribution in [-0.2, 0) is 4.79 Å². The molecule has 1 aromatic rings. The molecule has 0 saturated carbocycles. The van der Waals surface area contributed by atoms with E-state index in [9.17, 15) is 14.0 Å². The summed E-state index contributed by atoms with van der Waals surface area (Å²) < 4.78 is 13.7. The molecule has 1 unspecified atom stereocenters. The van der Waals surface area contributed by atoms with E-state index in [1.54, 1.807) is 18.2 Å². The van der Waals surface area contributed by atoms with E-state index in [4.69, 9.17) is 11.6 Å². The number of rotatable bonds is 3. The van der Waals surface area contributed by atoms with E-state index in [0.29, 0.717) is 17.1 Å². The molecule has 0 radical (unpaired) electrons. The number of ketones is 1. The Kier molecular flexibility index (Phi) is 4.35. The number of anilines is 1. The lowest BCUT2D eigenvalue weighted by atomic mass is 9.90. The fraction of sp³-hybridized carbons (Fsp3) is 0.200. The maximum Gasteiger partial charge on any atom is 0.221 e. The number of hydrogen-bond donors (Lipinski definition) is 1. The van der Waals surface area contributed by atoms with Gasteiger partial charge in [-0.05, 0) is 30.7 Å². The third-order valence-electron chi connectivity index (χ3n) is 2.97. The zero-order chi connectivity index (χ0) is 14.7. The van der Waals surface area contributed by atoms with Crippen LogP contribution in [0.25, 0.3) is 0 Å². The SMILES string of the molecule is CC(=O)Nc1ccc(Cl)cc1C(=O)C1CC=CC=C1F. The third kappa shape index (κ3) is 3.14. The van der Waals surface area contributed by atoms with Gasteiger partial charge in [0.2, 0.25) is 5.91 Å². The molecule has 1 N–H and O–H groups in total. The molecule has 2 rings (SSSR count). The molecule has 1 aliphatic carbocycles. The van der Waals surface area contributed by atoms with E-state index >= 15 is 0 Å². The van der Waals surface area contributed by atoms with Crippen molar-refractivity contribution in [2.24, 2.45) is 5.92 Å². The van der Waals surface area contributed by atoms with Crippen molar-refractivity contribution in [3.05, 3.63) is 52.8 Å². The zero-order valence-electron chi connectivity index (χ0n) is 10.8. The van der Waals surface area contributed by atoms with Crippen LogP contribution in [-0.4, -0.2) is 11.7 Å². The first-order valence-corrected chi connectivity index (χ1v) is 6.50. The van der Waals surface area contributed by atoms with Crippen LogP contribution in [0.15, 0.2) is 42.3 Å². The number of carbonyl (C=O) groups is 2. The van der Waals surface area contributed by atoms with Crippen LogP contribution in [0.4, 0.5) is 10.1 Å². The molecule has 0 aliphatic heterocycles. The van der Waals surface area contributed by atoms with Gasteiger partial charge in [0, 0.05) is 17.5 Å². The summed E-state index contributed by atoms with van der Waals surface area (Å²) in [5, 5.41) is 2.92. The number of benzene rings is 1. The van der Waals surface area contributed by atoms with E-state index in [-0.39, 0.29) is 11.5 Å². The van der Waals surface area contributed by atoms with Gasteiger partial charge in [0.05, 0.1) is 11.6 Å². The molecule has 0 fully saturated rings. The van der Waals surface area contributed by atoms with Crippen LogP contribution in [0.5, 0.6) is 0 Å². The van der Waals surface area contributed by atoms with Gasteiger partial charge in [-0.2, -0.15) is 0 Å². The molecule has 5 heteroatoms. The zero-order valence-corrected chi connectivity index (χ0v) is 11.6. The first-order valence-electron chi connectivity index (χ1n) is 6.12. The molecule has 1 atom stereocenters. The highest BCUT2D eigenvalue weighted by Gasteiger charge is 2.27. The second-order valence-electron chi connectivity index (χ2n) is 4.50. The van der Waals surface area contributed by atoms with Gasteiger partial charge in [-0.25, -0.2) is 4.39 Å². The number of nitrogens with one attached hydrogen (secondary N) is 1. The van der Waals surface area contributed by atoms with Crippen molar-refractivity contribution in [3.8, 4) is 0 Å². The van der Waals surface area contributed by atoms with Crippen LogP contribution in [0, 0.1) is 5.92 Å². The lowest BCUT2D eigenvalue weighted by molar-refractivity contribution is -0.114. The molecule has 0 bridgehead atoms. The lowest BCUT2D eigenvalue weighted by Crippen LogP contribution is -2.19. The molecule has 0 heterocycles. The summed E-state index contributed by atoms with van der Waals surface area (Å²) >= 11 is 5.89. The molecule has 1 amide bonds. The van der Waals surface area contributed by atoms with Crippen LogP contribution >= 0.6 is 11.6 Å². The number of Topliss-reactive ketones (excluding diaryl/α,β-unsaturated/α-hetero) is 1. The van der Waals surface area contributed by atoms with Crippen LogP contribution in [0.1, 0.15) is 23.7 Å². The monoisotopic (exact) mass is 293 g/mol. The number of allylic oxidation sites excluding steroid dienone is 4. The van der Waals surface area contributed by atoms with Gasteiger partial charge < -0.3 is 5.32 Å². The molecular formula is C15H13ClFNO2. The molecule has 0 spiro atoms. The summed E-state index contributed by atoms with van der Waals surface area (Å²) in [6, 6.07) is 4.55. The number of halogens is 2. The van der Waals surface area contributed by atoms with Gasteiger partial charge >= 0.3 is 0 Å². The van der Waals surface area contributed by atoms with E-state index in [1.807, 2.05) is 0 Å². The Labute approximate surface area is 121 Å². The maximum absolute atomic E-state index is 13.7. The fourth-order valence-electron chi connectivity index (χ4n) is 2.04. The minimum Gasteiger partial charge on any atom is -0.326 e. The van der Waals surface area contributed by atoms with Gasteiger partial charge in [-0.15, -0.1) is 0 Å². The predicted octanol–water partition coefficient (Wildman–Crippen LogP) is 3.91.